The predicted octanol–water partition coefficient (Wildman–Crippen LogP) is 15.9. The lowest BCUT2D eigenvalue weighted by molar-refractivity contribution is -0.130. The first kappa shape index (κ1) is 81.8. The molecule has 9 heterocycles. The van der Waals surface area contributed by atoms with Crippen molar-refractivity contribution in [3.63, 3.8) is 0 Å². The summed E-state index contributed by atoms with van der Waals surface area (Å²) in [5.41, 5.74) is 10.3. The fourth-order valence-corrected chi connectivity index (χ4v) is 32.6. The van der Waals surface area contributed by atoms with E-state index in [1.807, 2.05) is 35.8 Å². The number of nitrogens with zero attached hydrogens (tertiary/aromatic N) is 5. The molecule has 3 spiro atoms. The molecule has 0 aromatic carbocycles. The highest BCUT2D eigenvalue weighted by Gasteiger charge is 2.65. The summed E-state index contributed by atoms with van der Waals surface area (Å²) in [5, 5.41) is 3.86. The van der Waals surface area contributed by atoms with Crippen LogP contribution in [0.3, 0.4) is 0 Å². The van der Waals surface area contributed by atoms with Crippen LogP contribution in [0.5, 0.6) is 0 Å². The molecule has 610 valence electrons. The quantitative estimate of drug-likeness (QED) is 0.260. The Morgan fingerprint density at radius 3 is 1.28 bits per heavy atom. The average Bonchev–Trinajstić information content (AvgIpc) is 1.57. The van der Waals surface area contributed by atoms with Crippen molar-refractivity contribution >= 4 is 37.8 Å². The second-order valence-corrected chi connectivity index (χ2v) is 45.6. The molecule has 9 aliphatic carbocycles. The van der Waals surface area contributed by atoms with E-state index in [2.05, 4.69) is 81.5 Å². The highest BCUT2D eigenvalue weighted by atomic mass is 32.2. The molecular formula is C90H148N6O10S2. The van der Waals surface area contributed by atoms with Crippen molar-refractivity contribution in [3.8, 4) is 0 Å². The van der Waals surface area contributed by atoms with E-state index in [1.165, 1.54) is 107 Å². The smallest absolute Gasteiger partial charge is 0.222 e. The zero-order chi connectivity index (χ0) is 75.2. The average molecular weight is 1540 g/mol. The van der Waals surface area contributed by atoms with Crippen molar-refractivity contribution in [3.05, 3.63) is 33.4 Å². The Morgan fingerprint density at radius 2 is 0.833 bits per heavy atom. The predicted molar refractivity (Wildman–Crippen MR) is 431 cm³/mol. The summed E-state index contributed by atoms with van der Waals surface area (Å²) >= 11 is 0. The number of rotatable bonds is 2. The summed E-state index contributed by atoms with van der Waals surface area (Å²) < 4.78 is 75.4. The number of piperidine rings is 3. The van der Waals surface area contributed by atoms with Crippen molar-refractivity contribution in [1.82, 2.24) is 28.6 Å². The highest BCUT2D eigenvalue weighted by Crippen LogP contribution is 2.68. The van der Waals surface area contributed by atoms with Gasteiger partial charge in [-0.05, 0) is 293 Å². The van der Waals surface area contributed by atoms with Gasteiger partial charge >= 0.3 is 0 Å². The van der Waals surface area contributed by atoms with E-state index in [9.17, 15) is 31.2 Å². The van der Waals surface area contributed by atoms with Crippen LogP contribution in [0.4, 0.5) is 0 Å². The number of hydrogen-bond donors (Lipinski definition) is 1. The molecule has 3 amide bonds. The molecule has 0 unspecified atom stereocenters. The molecule has 18 heteroatoms. The molecule has 0 bridgehead atoms. The minimum absolute atomic E-state index is 0. The third-order valence-electron chi connectivity index (χ3n) is 35.9. The molecule has 9 aliphatic heterocycles. The number of likely N-dealkylation sites (tertiary alicyclic amines) is 3. The lowest BCUT2D eigenvalue weighted by Crippen LogP contribution is -2.53. The van der Waals surface area contributed by atoms with Crippen molar-refractivity contribution in [1.29, 1.82) is 0 Å². The number of carbonyl (C=O) groups excluding carboxylic acids is 3. The van der Waals surface area contributed by atoms with Gasteiger partial charge in [0.2, 0.25) is 37.8 Å². The van der Waals surface area contributed by atoms with Gasteiger partial charge < -0.3 is 34.2 Å². The van der Waals surface area contributed by atoms with E-state index in [-0.39, 0.29) is 72.7 Å². The lowest BCUT2D eigenvalue weighted by Gasteiger charge is -2.49. The van der Waals surface area contributed by atoms with Crippen LogP contribution in [0.25, 0.3) is 0 Å². The molecule has 0 aromatic rings. The van der Waals surface area contributed by atoms with Crippen LogP contribution in [0.15, 0.2) is 33.4 Å². The van der Waals surface area contributed by atoms with E-state index >= 15 is 0 Å². The van der Waals surface area contributed by atoms with Gasteiger partial charge in [-0.2, -0.15) is 8.61 Å². The van der Waals surface area contributed by atoms with Gasteiger partial charge in [-0.25, -0.2) is 16.8 Å². The van der Waals surface area contributed by atoms with Crippen LogP contribution < -0.4 is 5.32 Å². The Morgan fingerprint density at radius 1 is 0.444 bits per heavy atom. The second-order valence-electron chi connectivity index (χ2n) is 41.7. The molecule has 9 saturated heterocycles. The Hall–Kier alpha value is -2.71. The standard InChI is InChI=1S/C30H48N2O4S.C29H46N2O4S.C29H46N2O2.2CH4/c1-18-13-26-28(32(16-18)37(6,34)35)20(3)30(36-26)12-9-22-23-8-7-21-17-31(5)27(33)10-11-29(21,4)25(23)14-24(22)19(2)15-30;1-18-12-26-25(31(16-18)36(5,33)34)15-29(35-26)11-8-21-22-7-6-20-17-30(4)27(32)9-10-28(20,3)24(22)13-23(21)19(2)14-29;1-17-12-25-27(30-15-17)19(3)29(33-25)11-8-21-22-7-6-20-16-31(5)26(32)9-10-28(20,4)24(22)13-23(21)18(2)14-29;;/h18,20-23,25-26,28H,7-17H2,1-6H3;18,20-22,24-26H,6-17H2,1-5H3;17,19-22,24-25,27,30H,6-16H2,1-5H3;2*1H4/t18-,20+,21+,22-,23-,25-,26+,28-,29-,30-;18-,20+,21-,22-,24-,25-,26+,28-,29-;17-,19+,20+,21-,22-,24-,25+,27-,28-,29-;;/m000../s1. The molecule has 29 atom stereocenters. The van der Waals surface area contributed by atoms with Gasteiger partial charge in [0.25, 0.3) is 0 Å². The summed E-state index contributed by atoms with van der Waals surface area (Å²) in [6, 6.07) is 0.499. The summed E-state index contributed by atoms with van der Waals surface area (Å²) in [5.74, 6) is 11.5. The first-order valence-electron chi connectivity index (χ1n) is 43.4. The SMILES string of the molecule is C.C.CC1=C2C[C@H]3[C@@H](CC[C@@H]4CN(C)C(=O)CC[C@@]43C)[C@@H]2CC[C@@]2(C1)O[C@@H]1C[C@H](C)CN(S(C)(=O)=O)[C@H]1[C@H]2C.CC1=C2C[C@H]3[C@@H](CC[C@@H]4CN(C)C(=O)CC[C@@]43C)[C@@H]2CC[C@@]2(C1)O[C@@H]1C[C@H](C)CN[C@H]1[C@H]2C.CC1=C2C[C@H]3[C@@H](CC[C@@H]4CN(C)C(=O)CC[C@@]43C)[C@@H]2CC[C@]2(C1)C[C@H]1[C@@H](C[C@H](C)CN1S(C)(=O)=O)O2. The summed E-state index contributed by atoms with van der Waals surface area (Å²) in [6.07, 6.45) is 33.9. The number of fused-ring (bicyclic) bond motifs is 18. The van der Waals surface area contributed by atoms with Crippen LogP contribution in [0, 0.1) is 117 Å². The third kappa shape index (κ3) is 13.8. The van der Waals surface area contributed by atoms with E-state index in [0.717, 1.165) is 139 Å². The molecule has 1 N–H and O–H groups in total. The van der Waals surface area contributed by atoms with Gasteiger partial charge in [-0.15, -0.1) is 0 Å². The minimum Gasteiger partial charge on any atom is -0.370 e. The first-order valence-corrected chi connectivity index (χ1v) is 47.1. The Labute approximate surface area is 655 Å². The maximum absolute atomic E-state index is 12.8. The zero-order valence-corrected chi connectivity index (χ0v) is 70.1. The van der Waals surface area contributed by atoms with Gasteiger partial charge in [0.1, 0.15) is 0 Å². The second kappa shape index (κ2) is 29.5. The number of sulfonamides is 2. The van der Waals surface area contributed by atoms with Crippen LogP contribution in [-0.4, -0.2) is 184 Å². The molecule has 0 radical (unpaired) electrons. The van der Waals surface area contributed by atoms with E-state index in [0.29, 0.717) is 126 Å². The zero-order valence-electron chi connectivity index (χ0n) is 68.5. The fourth-order valence-electron chi connectivity index (χ4n) is 30.0. The molecular weight excluding hydrogens is 1390 g/mol. The highest BCUT2D eigenvalue weighted by molar-refractivity contribution is 7.88. The monoisotopic (exact) mass is 1540 g/mol. The maximum Gasteiger partial charge on any atom is 0.222 e. The maximum atomic E-state index is 12.8. The Bertz CT molecular complexity index is 3780. The third-order valence-corrected chi connectivity index (χ3v) is 38.4. The van der Waals surface area contributed by atoms with Crippen LogP contribution in [0.1, 0.15) is 271 Å². The minimum atomic E-state index is -3.27. The first-order chi connectivity index (χ1) is 50.0. The summed E-state index contributed by atoms with van der Waals surface area (Å²) in [4.78, 5) is 43.7. The van der Waals surface area contributed by atoms with Crippen molar-refractivity contribution in [2.75, 3.05) is 72.9 Å². The number of carbonyl (C=O) groups is 3. The van der Waals surface area contributed by atoms with Gasteiger partial charge in [0, 0.05) is 91.0 Å². The van der Waals surface area contributed by atoms with Crippen LogP contribution in [-0.2, 0) is 48.6 Å². The number of hydrogen-bond acceptors (Lipinski definition) is 11. The van der Waals surface area contributed by atoms with Crippen molar-refractivity contribution in [2.45, 2.75) is 324 Å². The van der Waals surface area contributed by atoms with Crippen LogP contribution >= 0.6 is 0 Å². The fraction of sp³-hybridized carbons (Fsp3) is 0.900. The number of allylic oxidation sites excluding steroid dienone is 3. The van der Waals surface area contributed by atoms with E-state index in [1.54, 1.807) is 30.9 Å². The number of ether oxygens (including phenoxy) is 3. The van der Waals surface area contributed by atoms with E-state index in [4.69, 9.17) is 14.2 Å². The van der Waals surface area contributed by atoms with Gasteiger partial charge in [-0.1, -0.05) is 104 Å². The van der Waals surface area contributed by atoms with E-state index < -0.39 is 20.0 Å². The lowest BCUT2D eigenvalue weighted by atomic mass is 9.55. The topological polar surface area (TPSA) is 175 Å². The normalized spacial score (nSPS) is 48.6. The van der Waals surface area contributed by atoms with Crippen molar-refractivity contribution in [2.24, 2.45) is 117 Å². The Balaban J connectivity index is 0.000000135. The number of nitrogens with one attached hydrogen (secondary N) is 1. The molecule has 108 heavy (non-hydrogen) atoms. The molecule has 18 rings (SSSR count). The summed E-state index contributed by atoms with van der Waals surface area (Å²) in [7, 11) is -0.485. The van der Waals surface area contributed by atoms with Gasteiger partial charge in [-0.3, -0.25) is 14.4 Å². The number of amides is 3. The molecule has 16 nitrogen and oxygen atoms in total. The van der Waals surface area contributed by atoms with Crippen LogP contribution in [0.2, 0.25) is 0 Å². The molecule has 15 fully saturated rings. The van der Waals surface area contributed by atoms with Crippen molar-refractivity contribution < 1.29 is 45.4 Å². The molecule has 0 aromatic heterocycles. The molecule has 18 aliphatic rings. The Kier molecular flexibility index (Phi) is 22.3. The van der Waals surface area contributed by atoms with Gasteiger partial charge in [0.05, 0.1) is 59.7 Å². The molecule has 6 saturated carbocycles. The summed E-state index contributed by atoms with van der Waals surface area (Å²) in [6.45, 7) is 31.4. The largest absolute Gasteiger partial charge is 0.370 e. The van der Waals surface area contributed by atoms with Gasteiger partial charge in [0.15, 0.2) is 0 Å².